The number of ether oxygens (including phenoxy) is 2. The minimum absolute atomic E-state index is 0.343. The summed E-state index contributed by atoms with van der Waals surface area (Å²) < 4.78 is 10.3. The van der Waals surface area contributed by atoms with Gasteiger partial charge < -0.3 is 35.2 Å². The van der Waals surface area contributed by atoms with Crippen LogP contribution in [0.5, 0.6) is 0 Å². The van der Waals surface area contributed by atoms with Crippen LogP contribution in [0, 0.1) is 0 Å². The Bertz CT molecular complexity index is 345. The summed E-state index contributed by atoms with van der Waals surface area (Å²) in [6.45, 7) is -0.530. The lowest BCUT2D eigenvalue weighted by atomic mass is 9.99. The van der Waals surface area contributed by atoms with Gasteiger partial charge in [0.05, 0.1) is 6.61 Å². The van der Waals surface area contributed by atoms with E-state index in [0.29, 0.717) is 0 Å². The Labute approximate surface area is 102 Å². The van der Waals surface area contributed by atoms with Gasteiger partial charge in [0.25, 0.3) is 0 Å². The first-order valence-electron chi connectivity index (χ1n) is 5.47. The summed E-state index contributed by atoms with van der Waals surface area (Å²) in [6.07, 6.45) is -4.80. The molecule has 2 heterocycles. The molecule has 102 valence electrons. The number of aliphatic hydroxyl groups excluding tert-OH is 4. The van der Waals surface area contributed by atoms with E-state index >= 15 is 0 Å². The zero-order valence-electron chi connectivity index (χ0n) is 9.34. The van der Waals surface area contributed by atoms with Crippen LogP contribution in [0.15, 0.2) is 12.2 Å². The highest BCUT2D eigenvalue weighted by atomic mass is 16.7. The lowest BCUT2D eigenvalue weighted by molar-refractivity contribution is -0.308. The monoisotopic (exact) mass is 261 g/mol. The molecule has 0 spiro atoms. The number of hydrogen-bond acceptors (Lipinski definition) is 7. The molecule has 6 atom stereocenters. The molecule has 2 aliphatic heterocycles. The third kappa shape index (κ3) is 2.53. The van der Waals surface area contributed by atoms with Crippen LogP contribution in [0.2, 0.25) is 0 Å². The molecule has 5 N–H and O–H groups in total. The average molecular weight is 261 g/mol. The Morgan fingerprint density at radius 2 is 2.00 bits per heavy atom. The molecule has 1 fully saturated rings. The van der Waals surface area contributed by atoms with E-state index in [1.54, 1.807) is 0 Å². The van der Waals surface area contributed by atoms with E-state index in [1.165, 1.54) is 12.2 Å². The lowest BCUT2D eigenvalue weighted by Crippen LogP contribution is -2.60. The molecule has 8 heteroatoms. The van der Waals surface area contributed by atoms with Crippen molar-refractivity contribution >= 4 is 5.91 Å². The highest BCUT2D eigenvalue weighted by molar-refractivity contribution is 5.90. The van der Waals surface area contributed by atoms with E-state index < -0.39 is 43.5 Å². The SMILES string of the molecule is O=C1C=CC(OC2OC(CO)C(O)C(O)C2O)N1. The Morgan fingerprint density at radius 3 is 2.56 bits per heavy atom. The molecule has 2 rings (SSSR count). The van der Waals surface area contributed by atoms with Gasteiger partial charge in [-0.05, 0) is 6.08 Å². The Balaban J connectivity index is 1.99. The van der Waals surface area contributed by atoms with Gasteiger partial charge in [0, 0.05) is 6.08 Å². The predicted octanol–water partition coefficient (Wildman–Crippen LogP) is -3.18. The molecule has 0 saturated carbocycles. The van der Waals surface area contributed by atoms with Crippen molar-refractivity contribution in [3.63, 3.8) is 0 Å². The average Bonchev–Trinajstić information content (AvgIpc) is 2.75. The third-order valence-electron chi connectivity index (χ3n) is 2.84. The molecule has 0 aliphatic carbocycles. The van der Waals surface area contributed by atoms with Crippen molar-refractivity contribution in [1.29, 1.82) is 0 Å². The summed E-state index contributed by atoms with van der Waals surface area (Å²) in [5.74, 6) is -0.343. The standard InChI is InChI=1S/C10H15NO7/c12-3-4-7(14)8(15)9(16)10(17-4)18-6-2-1-5(13)11-6/h1-2,4,6-10,12,14-16H,3H2,(H,11,13). The molecular formula is C10H15NO7. The summed E-state index contributed by atoms with van der Waals surface area (Å²) >= 11 is 0. The second-order valence-corrected chi connectivity index (χ2v) is 4.12. The maximum atomic E-state index is 10.9. The van der Waals surface area contributed by atoms with Crippen molar-refractivity contribution < 1.29 is 34.7 Å². The summed E-state index contributed by atoms with van der Waals surface area (Å²) in [7, 11) is 0. The number of amides is 1. The first kappa shape index (κ1) is 13.4. The molecule has 0 aromatic carbocycles. The number of aliphatic hydroxyl groups is 4. The number of hydrogen-bond donors (Lipinski definition) is 5. The van der Waals surface area contributed by atoms with Gasteiger partial charge in [-0.25, -0.2) is 0 Å². The van der Waals surface area contributed by atoms with Gasteiger partial charge >= 0.3 is 0 Å². The summed E-state index contributed by atoms with van der Waals surface area (Å²) in [4.78, 5) is 10.9. The van der Waals surface area contributed by atoms with Crippen molar-refractivity contribution in [2.75, 3.05) is 6.61 Å². The van der Waals surface area contributed by atoms with E-state index in [2.05, 4.69) is 5.32 Å². The minimum Gasteiger partial charge on any atom is -0.394 e. The molecule has 0 aromatic rings. The van der Waals surface area contributed by atoms with Crippen molar-refractivity contribution in [2.24, 2.45) is 0 Å². The fourth-order valence-electron chi connectivity index (χ4n) is 1.81. The largest absolute Gasteiger partial charge is 0.394 e. The van der Waals surface area contributed by atoms with E-state index in [9.17, 15) is 20.1 Å². The molecule has 8 nitrogen and oxygen atoms in total. The molecule has 0 bridgehead atoms. The van der Waals surface area contributed by atoms with Gasteiger partial charge in [0.1, 0.15) is 24.4 Å². The quantitative estimate of drug-likeness (QED) is 0.362. The molecule has 2 aliphatic rings. The first-order chi connectivity index (χ1) is 8.52. The van der Waals surface area contributed by atoms with Crippen molar-refractivity contribution in [1.82, 2.24) is 5.32 Å². The van der Waals surface area contributed by atoms with Gasteiger partial charge in [-0.3, -0.25) is 4.79 Å². The number of nitrogens with one attached hydrogen (secondary N) is 1. The van der Waals surface area contributed by atoms with Crippen LogP contribution in [-0.4, -0.2) is 69.9 Å². The number of rotatable bonds is 3. The van der Waals surface area contributed by atoms with Crippen molar-refractivity contribution in [2.45, 2.75) is 36.9 Å². The van der Waals surface area contributed by atoms with Crippen LogP contribution < -0.4 is 5.32 Å². The summed E-state index contributed by atoms with van der Waals surface area (Å²) in [6, 6.07) is 0. The molecule has 6 unspecified atom stereocenters. The second-order valence-electron chi connectivity index (χ2n) is 4.12. The third-order valence-corrected chi connectivity index (χ3v) is 2.84. The fraction of sp³-hybridized carbons (Fsp3) is 0.700. The highest BCUT2D eigenvalue weighted by Crippen LogP contribution is 2.23. The van der Waals surface area contributed by atoms with Crippen LogP contribution in [0.4, 0.5) is 0 Å². The van der Waals surface area contributed by atoms with Crippen LogP contribution in [0.3, 0.4) is 0 Å². The van der Waals surface area contributed by atoms with Gasteiger partial charge in [-0.1, -0.05) is 0 Å². The van der Waals surface area contributed by atoms with E-state index in [0.717, 1.165) is 0 Å². The van der Waals surface area contributed by atoms with Crippen LogP contribution in [0.25, 0.3) is 0 Å². The highest BCUT2D eigenvalue weighted by Gasteiger charge is 2.44. The Morgan fingerprint density at radius 1 is 1.28 bits per heavy atom. The molecule has 0 radical (unpaired) electrons. The van der Waals surface area contributed by atoms with E-state index in [4.69, 9.17) is 14.6 Å². The van der Waals surface area contributed by atoms with Gasteiger partial charge in [0.15, 0.2) is 12.5 Å². The van der Waals surface area contributed by atoms with Crippen molar-refractivity contribution in [3.8, 4) is 0 Å². The topological polar surface area (TPSA) is 128 Å². The molecular weight excluding hydrogens is 246 g/mol. The Kier molecular flexibility index (Phi) is 3.95. The lowest BCUT2D eigenvalue weighted by Gasteiger charge is -2.40. The van der Waals surface area contributed by atoms with Gasteiger partial charge in [-0.15, -0.1) is 0 Å². The van der Waals surface area contributed by atoms with Crippen LogP contribution >= 0.6 is 0 Å². The molecule has 18 heavy (non-hydrogen) atoms. The normalized spacial score (nSPS) is 44.1. The van der Waals surface area contributed by atoms with Crippen molar-refractivity contribution in [3.05, 3.63) is 12.2 Å². The second kappa shape index (κ2) is 5.31. The minimum atomic E-state index is -1.50. The number of carbonyl (C=O) groups is 1. The molecule has 1 amide bonds. The number of carbonyl (C=O) groups excluding carboxylic acids is 1. The zero-order chi connectivity index (χ0) is 13.3. The maximum absolute atomic E-state index is 10.9. The van der Waals surface area contributed by atoms with Crippen LogP contribution in [0.1, 0.15) is 0 Å². The zero-order valence-corrected chi connectivity index (χ0v) is 9.34. The molecule has 0 aromatic heterocycles. The Hall–Kier alpha value is -1.03. The van der Waals surface area contributed by atoms with Crippen LogP contribution in [-0.2, 0) is 14.3 Å². The van der Waals surface area contributed by atoms with E-state index in [1.807, 2.05) is 0 Å². The maximum Gasteiger partial charge on any atom is 0.246 e. The molecule has 1 saturated heterocycles. The smallest absolute Gasteiger partial charge is 0.246 e. The fourth-order valence-corrected chi connectivity index (χ4v) is 1.81. The summed E-state index contributed by atoms with van der Waals surface area (Å²) in [5.41, 5.74) is 0. The predicted molar refractivity (Wildman–Crippen MR) is 55.9 cm³/mol. The summed E-state index contributed by atoms with van der Waals surface area (Å²) in [5, 5.41) is 40.1. The van der Waals surface area contributed by atoms with Gasteiger partial charge in [-0.2, -0.15) is 0 Å². The van der Waals surface area contributed by atoms with E-state index in [-0.39, 0.29) is 5.91 Å². The van der Waals surface area contributed by atoms with Gasteiger partial charge in [0.2, 0.25) is 5.91 Å². The first-order valence-corrected chi connectivity index (χ1v) is 5.47.